The Hall–Kier alpha value is -2.70. The normalized spacial score (nSPS) is 11.0. The zero-order valence-electron chi connectivity index (χ0n) is 12.9. The molecule has 0 radical (unpaired) electrons. The first-order valence-corrected chi connectivity index (χ1v) is 7.10. The highest BCUT2D eigenvalue weighted by atomic mass is 19.4. The zero-order valence-corrected chi connectivity index (χ0v) is 12.9. The summed E-state index contributed by atoms with van der Waals surface area (Å²) in [5.41, 5.74) is 0.681. The number of ether oxygens (including phenoxy) is 2. The predicted octanol–water partition coefficient (Wildman–Crippen LogP) is 3.62. The predicted molar refractivity (Wildman–Crippen MR) is 81.5 cm³/mol. The number of hydrogen-bond acceptors (Lipinski definition) is 3. The Morgan fingerprint density at radius 3 is 2.21 bits per heavy atom. The molecule has 0 bridgehead atoms. The Labute approximate surface area is 137 Å². The molecule has 4 nitrogen and oxygen atoms in total. The molecule has 0 N–H and O–H groups in total. The summed E-state index contributed by atoms with van der Waals surface area (Å²) in [5, 5.41) is 0. The monoisotopic (exact) mass is 339 g/mol. The summed E-state index contributed by atoms with van der Waals surface area (Å²) >= 11 is 0. The molecule has 24 heavy (non-hydrogen) atoms. The van der Waals surface area contributed by atoms with Gasteiger partial charge in [-0.3, -0.25) is 4.79 Å². The van der Waals surface area contributed by atoms with Crippen LogP contribution in [0.5, 0.6) is 11.5 Å². The molecule has 2 aromatic rings. The number of carbonyl (C=O) groups is 1. The van der Waals surface area contributed by atoms with Crippen LogP contribution in [0.3, 0.4) is 0 Å². The maximum Gasteiger partial charge on any atom is 0.573 e. The summed E-state index contributed by atoms with van der Waals surface area (Å²) in [5.74, 6) is 0.0509. The number of rotatable bonds is 6. The Kier molecular flexibility index (Phi) is 5.68. The van der Waals surface area contributed by atoms with E-state index in [1.807, 2.05) is 6.07 Å². The standard InChI is InChI=1S/C17H16F3NO3/c1-21(16(22)12-23-14-5-3-2-4-6-14)11-13-7-9-15(10-8-13)24-17(18,19)20/h2-10H,11-12H2,1H3. The van der Waals surface area contributed by atoms with Gasteiger partial charge in [0.05, 0.1) is 0 Å². The Balaban J connectivity index is 1.84. The van der Waals surface area contributed by atoms with E-state index < -0.39 is 6.36 Å². The van der Waals surface area contributed by atoms with Crippen molar-refractivity contribution in [3.05, 3.63) is 60.2 Å². The smallest absolute Gasteiger partial charge is 0.484 e. The molecular formula is C17H16F3NO3. The highest BCUT2D eigenvalue weighted by Crippen LogP contribution is 2.23. The number of alkyl halides is 3. The van der Waals surface area contributed by atoms with Gasteiger partial charge < -0.3 is 14.4 Å². The summed E-state index contributed by atoms with van der Waals surface area (Å²) in [6, 6.07) is 14.3. The number of likely N-dealkylation sites (N-methyl/N-ethyl adjacent to an activating group) is 1. The summed E-state index contributed by atoms with van der Waals surface area (Å²) in [4.78, 5) is 13.4. The first kappa shape index (κ1) is 17.7. The molecule has 0 saturated heterocycles. The molecule has 0 aliphatic carbocycles. The molecule has 0 aliphatic rings. The minimum absolute atomic E-state index is 0.115. The number of amides is 1. The lowest BCUT2D eigenvalue weighted by atomic mass is 10.2. The van der Waals surface area contributed by atoms with Gasteiger partial charge in [0.25, 0.3) is 5.91 Å². The maximum atomic E-state index is 12.1. The minimum Gasteiger partial charge on any atom is -0.484 e. The molecule has 0 fully saturated rings. The molecule has 0 aromatic heterocycles. The molecular weight excluding hydrogens is 323 g/mol. The lowest BCUT2D eigenvalue weighted by molar-refractivity contribution is -0.274. The van der Waals surface area contributed by atoms with Crippen molar-refractivity contribution in [1.29, 1.82) is 0 Å². The van der Waals surface area contributed by atoms with Gasteiger partial charge in [-0.05, 0) is 29.8 Å². The highest BCUT2D eigenvalue weighted by Gasteiger charge is 2.30. The molecule has 2 aromatic carbocycles. The van der Waals surface area contributed by atoms with Crippen LogP contribution in [0, 0.1) is 0 Å². The van der Waals surface area contributed by atoms with Crippen LogP contribution in [0.15, 0.2) is 54.6 Å². The second-order valence-corrected chi connectivity index (χ2v) is 5.04. The van der Waals surface area contributed by atoms with E-state index >= 15 is 0 Å². The van der Waals surface area contributed by atoms with Gasteiger partial charge in [-0.15, -0.1) is 13.2 Å². The van der Waals surface area contributed by atoms with Crippen molar-refractivity contribution in [2.75, 3.05) is 13.7 Å². The van der Waals surface area contributed by atoms with Crippen LogP contribution in [0.2, 0.25) is 0 Å². The molecule has 7 heteroatoms. The molecule has 0 spiro atoms. The third kappa shape index (κ3) is 5.83. The summed E-state index contributed by atoms with van der Waals surface area (Å²) in [6.07, 6.45) is -4.72. The molecule has 0 unspecified atom stereocenters. The zero-order chi connectivity index (χ0) is 17.6. The Bertz CT molecular complexity index is 657. The third-order valence-electron chi connectivity index (χ3n) is 3.11. The van der Waals surface area contributed by atoms with Gasteiger partial charge in [0.2, 0.25) is 0 Å². The second kappa shape index (κ2) is 7.72. The average Bonchev–Trinajstić information content (AvgIpc) is 2.54. The van der Waals surface area contributed by atoms with E-state index in [0.29, 0.717) is 11.3 Å². The van der Waals surface area contributed by atoms with Gasteiger partial charge in [0, 0.05) is 13.6 Å². The van der Waals surface area contributed by atoms with E-state index in [1.54, 1.807) is 31.3 Å². The lowest BCUT2D eigenvalue weighted by Crippen LogP contribution is -2.30. The molecule has 1 amide bonds. The summed E-state index contributed by atoms with van der Waals surface area (Å²) in [7, 11) is 1.59. The van der Waals surface area contributed by atoms with Gasteiger partial charge in [-0.1, -0.05) is 30.3 Å². The SMILES string of the molecule is CN(Cc1ccc(OC(F)(F)F)cc1)C(=O)COc1ccccc1. The van der Waals surface area contributed by atoms with Gasteiger partial charge in [0.15, 0.2) is 6.61 Å². The fraction of sp³-hybridized carbons (Fsp3) is 0.235. The topological polar surface area (TPSA) is 38.8 Å². The quantitative estimate of drug-likeness (QED) is 0.807. The van der Waals surface area contributed by atoms with Gasteiger partial charge >= 0.3 is 6.36 Å². The van der Waals surface area contributed by atoms with E-state index in [2.05, 4.69) is 4.74 Å². The van der Waals surface area contributed by atoms with E-state index in [-0.39, 0.29) is 24.8 Å². The highest BCUT2D eigenvalue weighted by molar-refractivity contribution is 5.77. The van der Waals surface area contributed by atoms with Crippen molar-refractivity contribution in [3.63, 3.8) is 0 Å². The van der Waals surface area contributed by atoms with Crippen LogP contribution in [0.25, 0.3) is 0 Å². The molecule has 0 atom stereocenters. The van der Waals surface area contributed by atoms with E-state index in [0.717, 1.165) is 0 Å². The number of nitrogens with zero attached hydrogens (tertiary/aromatic N) is 1. The van der Waals surface area contributed by atoms with Crippen LogP contribution in [-0.4, -0.2) is 30.8 Å². The molecule has 0 saturated carbocycles. The van der Waals surface area contributed by atoms with Crippen molar-refractivity contribution in [2.45, 2.75) is 12.9 Å². The van der Waals surface area contributed by atoms with Crippen LogP contribution in [-0.2, 0) is 11.3 Å². The van der Waals surface area contributed by atoms with Gasteiger partial charge in [-0.2, -0.15) is 0 Å². The van der Waals surface area contributed by atoms with Crippen molar-refractivity contribution >= 4 is 5.91 Å². The summed E-state index contributed by atoms with van der Waals surface area (Å²) < 4.78 is 45.4. The fourth-order valence-corrected chi connectivity index (χ4v) is 1.93. The van der Waals surface area contributed by atoms with Crippen molar-refractivity contribution < 1.29 is 27.4 Å². The second-order valence-electron chi connectivity index (χ2n) is 5.04. The van der Waals surface area contributed by atoms with E-state index in [9.17, 15) is 18.0 Å². The molecule has 2 rings (SSSR count). The fourth-order valence-electron chi connectivity index (χ4n) is 1.93. The average molecular weight is 339 g/mol. The number of para-hydroxylation sites is 1. The van der Waals surface area contributed by atoms with Crippen LogP contribution >= 0.6 is 0 Å². The summed E-state index contributed by atoms with van der Waals surface area (Å²) in [6.45, 7) is 0.138. The van der Waals surface area contributed by atoms with Crippen molar-refractivity contribution in [1.82, 2.24) is 4.90 Å². The Morgan fingerprint density at radius 1 is 1.00 bits per heavy atom. The Morgan fingerprint density at radius 2 is 1.62 bits per heavy atom. The molecule has 0 heterocycles. The largest absolute Gasteiger partial charge is 0.573 e. The number of hydrogen-bond donors (Lipinski definition) is 0. The van der Waals surface area contributed by atoms with Gasteiger partial charge in [-0.25, -0.2) is 0 Å². The number of carbonyl (C=O) groups excluding carboxylic acids is 1. The van der Waals surface area contributed by atoms with Crippen LogP contribution in [0.1, 0.15) is 5.56 Å². The van der Waals surface area contributed by atoms with Crippen LogP contribution in [0.4, 0.5) is 13.2 Å². The van der Waals surface area contributed by atoms with Crippen molar-refractivity contribution in [3.8, 4) is 11.5 Å². The number of benzene rings is 2. The maximum absolute atomic E-state index is 12.1. The minimum atomic E-state index is -4.72. The molecule has 0 aliphatic heterocycles. The van der Waals surface area contributed by atoms with Crippen LogP contribution < -0.4 is 9.47 Å². The molecule has 128 valence electrons. The van der Waals surface area contributed by atoms with Gasteiger partial charge in [0.1, 0.15) is 11.5 Å². The number of halogens is 3. The first-order chi connectivity index (χ1) is 11.3. The lowest BCUT2D eigenvalue weighted by Gasteiger charge is -2.18. The first-order valence-electron chi connectivity index (χ1n) is 7.10. The van der Waals surface area contributed by atoms with Crippen molar-refractivity contribution in [2.24, 2.45) is 0 Å². The van der Waals surface area contributed by atoms with E-state index in [1.165, 1.54) is 29.2 Å². The third-order valence-corrected chi connectivity index (χ3v) is 3.11. The van der Waals surface area contributed by atoms with E-state index in [4.69, 9.17) is 4.74 Å².